The molecule has 2 fully saturated rings. The molecule has 2 unspecified atom stereocenters. The van der Waals surface area contributed by atoms with Gasteiger partial charge in [-0.3, -0.25) is 4.90 Å². The van der Waals surface area contributed by atoms with Crippen LogP contribution in [0, 0.1) is 13.8 Å². The van der Waals surface area contributed by atoms with E-state index in [9.17, 15) is 0 Å². The Morgan fingerprint density at radius 1 is 1.11 bits per heavy atom. The van der Waals surface area contributed by atoms with Crippen LogP contribution < -0.4 is 5.73 Å². The molecule has 0 amide bonds. The third kappa shape index (κ3) is 2.19. The van der Waals surface area contributed by atoms with Crippen molar-refractivity contribution in [3.8, 4) is 0 Å². The van der Waals surface area contributed by atoms with Gasteiger partial charge in [-0.1, -0.05) is 18.2 Å². The molecule has 1 aromatic carbocycles. The summed E-state index contributed by atoms with van der Waals surface area (Å²) < 4.78 is 0. The van der Waals surface area contributed by atoms with E-state index in [0.717, 1.165) is 18.6 Å². The van der Waals surface area contributed by atoms with E-state index in [-0.39, 0.29) is 0 Å². The van der Waals surface area contributed by atoms with Crippen LogP contribution in [0.1, 0.15) is 42.4 Å². The molecular formula is C16H24N2. The number of fused-ring (bicyclic) bond motifs is 2. The van der Waals surface area contributed by atoms with E-state index in [1.807, 2.05) is 0 Å². The maximum atomic E-state index is 6.13. The van der Waals surface area contributed by atoms with Gasteiger partial charge in [-0.05, 0) is 56.2 Å². The summed E-state index contributed by atoms with van der Waals surface area (Å²) in [7, 11) is 0. The lowest BCUT2D eigenvalue weighted by Crippen LogP contribution is -2.46. The molecule has 2 heteroatoms. The van der Waals surface area contributed by atoms with Crippen molar-refractivity contribution in [1.29, 1.82) is 0 Å². The van der Waals surface area contributed by atoms with Gasteiger partial charge in [-0.25, -0.2) is 0 Å². The number of aryl methyl sites for hydroxylation is 2. The molecule has 2 nitrogen and oxygen atoms in total. The molecule has 2 bridgehead atoms. The fraction of sp³-hybridized carbons (Fsp3) is 0.625. The summed E-state index contributed by atoms with van der Waals surface area (Å²) in [5.41, 5.74) is 10.4. The van der Waals surface area contributed by atoms with Crippen LogP contribution in [0.15, 0.2) is 18.2 Å². The standard InChI is InChI=1S/C16H24N2/c1-11-3-4-13(7-12(11)2)10-18-15-5-6-16(18)9-14(17)8-15/h3-4,7,14-16H,5-6,8-10,17H2,1-2H3. The minimum atomic E-state index is 0.443. The summed E-state index contributed by atoms with van der Waals surface area (Å²) in [6, 6.07) is 8.81. The smallest absolute Gasteiger partial charge is 0.0239 e. The Morgan fingerprint density at radius 3 is 2.39 bits per heavy atom. The number of hydrogen-bond donors (Lipinski definition) is 1. The van der Waals surface area contributed by atoms with Crippen LogP contribution in [0.2, 0.25) is 0 Å². The fourth-order valence-electron chi connectivity index (χ4n) is 3.69. The lowest BCUT2D eigenvalue weighted by molar-refractivity contribution is 0.120. The highest BCUT2D eigenvalue weighted by atomic mass is 15.2. The number of nitrogens with zero attached hydrogens (tertiary/aromatic N) is 1. The molecule has 98 valence electrons. The fourth-order valence-corrected chi connectivity index (χ4v) is 3.69. The summed E-state index contributed by atoms with van der Waals surface area (Å²) in [5.74, 6) is 0. The van der Waals surface area contributed by atoms with Crippen LogP contribution in [0.3, 0.4) is 0 Å². The molecule has 0 aromatic heterocycles. The topological polar surface area (TPSA) is 29.3 Å². The minimum absolute atomic E-state index is 0.443. The third-order valence-corrected chi connectivity index (χ3v) is 4.86. The van der Waals surface area contributed by atoms with Gasteiger partial charge in [0.05, 0.1) is 0 Å². The number of nitrogens with two attached hydrogens (primary N) is 1. The summed E-state index contributed by atoms with van der Waals surface area (Å²) in [6.45, 7) is 5.51. The minimum Gasteiger partial charge on any atom is -0.328 e. The first-order valence-electron chi connectivity index (χ1n) is 7.21. The van der Waals surface area contributed by atoms with Gasteiger partial charge in [-0.2, -0.15) is 0 Å². The van der Waals surface area contributed by atoms with Gasteiger partial charge >= 0.3 is 0 Å². The normalized spacial score (nSPS) is 31.8. The predicted octanol–water partition coefficient (Wildman–Crippen LogP) is 2.76. The Balaban J connectivity index is 1.75. The summed E-state index contributed by atoms with van der Waals surface area (Å²) in [6.07, 6.45) is 5.09. The van der Waals surface area contributed by atoms with Crippen LogP contribution in [-0.2, 0) is 6.54 Å². The van der Waals surface area contributed by atoms with Crippen LogP contribution in [-0.4, -0.2) is 23.0 Å². The maximum absolute atomic E-state index is 6.13. The van der Waals surface area contributed by atoms with Crippen molar-refractivity contribution in [2.45, 2.75) is 64.2 Å². The molecule has 0 saturated carbocycles. The second-order valence-electron chi connectivity index (χ2n) is 6.21. The van der Waals surface area contributed by atoms with Crippen molar-refractivity contribution in [1.82, 2.24) is 4.90 Å². The highest BCUT2D eigenvalue weighted by molar-refractivity contribution is 5.30. The Hall–Kier alpha value is -0.860. The molecule has 2 aliphatic rings. The summed E-state index contributed by atoms with van der Waals surface area (Å²) in [4.78, 5) is 2.70. The zero-order valence-electron chi connectivity index (χ0n) is 11.5. The SMILES string of the molecule is Cc1ccc(CN2C3CCC2CC(N)C3)cc1C. The number of benzene rings is 1. The first-order chi connectivity index (χ1) is 8.63. The second kappa shape index (κ2) is 4.67. The average molecular weight is 244 g/mol. The lowest BCUT2D eigenvalue weighted by atomic mass is 9.97. The zero-order chi connectivity index (χ0) is 12.7. The second-order valence-corrected chi connectivity index (χ2v) is 6.21. The number of hydrogen-bond acceptors (Lipinski definition) is 2. The first kappa shape index (κ1) is 12.2. The maximum Gasteiger partial charge on any atom is 0.0239 e. The number of rotatable bonds is 2. The molecule has 0 spiro atoms. The van der Waals surface area contributed by atoms with Crippen molar-refractivity contribution in [3.05, 3.63) is 34.9 Å². The van der Waals surface area contributed by atoms with Gasteiger partial charge in [0.25, 0.3) is 0 Å². The largest absolute Gasteiger partial charge is 0.328 e. The van der Waals surface area contributed by atoms with Crippen molar-refractivity contribution in [3.63, 3.8) is 0 Å². The van der Waals surface area contributed by atoms with E-state index in [0.29, 0.717) is 6.04 Å². The van der Waals surface area contributed by atoms with E-state index in [1.165, 1.54) is 42.4 Å². The predicted molar refractivity (Wildman–Crippen MR) is 75.5 cm³/mol. The molecule has 3 rings (SSSR count). The quantitative estimate of drug-likeness (QED) is 0.867. The van der Waals surface area contributed by atoms with E-state index in [2.05, 4.69) is 36.9 Å². The van der Waals surface area contributed by atoms with Gasteiger partial charge in [0.15, 0.2) is 0 Å². The van der Waals surface area contributed by atoms with Crippen molar-refractivity contribution >= 4 is 0 Å². The highest BCUT2D eigenvalue weighted by Crippen LogP contribution is 2.36. The molecule has 0 aliphatic carbocycles. The van der Waals surface area contributed by atoms with Gasteiger partial charge in [0, 0.05) is 24.7 Å². The molecule has 2 N–H and O–H groups in total. The first-order valence-corrected chi connectivity index (χ1v) is 7.21. The van der Waals surface area contributed by atoms with Gasteiger partial charge < -0.3 is 5.73 Å². The molecule has 2 heterocycles. The molecule has 2 aliphatic heterocycles. The Bertz CT molecular complexity index is 427. The van der Waals surface area contributed by atoms with Crippen molar-refractivity contribution in [2.75, 3.05) is 0 Å². The van der Waals surface area contributed by atoms with E-state index in [4.69, 9.17) is 5.73 Å². The summed E-state index contributed by atoms with van der Waals surface area (Å²) in [5, 5.41) is 0. The van der Waals surface area contributed by atoms with Crippen LogP contribution in [0.4, 0.5) is 0 Å². The van der Waals surface area contributed by atoms with Crippen molar-refractivity contribution < 1.29 is 0 Å². The Kier molecular flexibility index (Phi) is 3.16. The van der Waals surface area contributed by atoms with Crippen LogP contribution >= 0.6 is 0 Å². The third-order valence-electron chi connectivity index (χ3n) is 4.86. The average Bonchev–Trinajstić information content (AvgIpc) is 2.58. The molecule has 18 heavy (non-hydrogen) atoms. The molecule has 2 saturated heterocycles. The van der Waals surface area contributed by atoms with Gasteiger partial charge in [-0.15, -0.1) is 0 Å². The van der Waals surface area contributed by atoms with Gasteiger partial charge in [0.2, 0.25) is 0 Å². The van der Waals surface area contributed by atoms with Crippen molar-refractivity contribution in [2.24, 2.45) is 5.73 Å². The lowest BCUT2D eigenvalue weighted by Gasteiger charge is -2.37. The molecule has 2 atom stereocenters. The summed E-state index contributed by atoms with van der Waals surface area (Å²) >= 11 is 0. The number of piperidine rings is 1. The van der Waals surface area contributed by atoms with Crippen LogP contribution in [0.25, 0.3) is 0 Å². The Morgan fingerprint density at radius 2 is 1.78 bits per heavy atom. The van der Waals surface area contributed by atoms with Gasteiger partial charge in [0.1, 0.15) is 0 Å². The monoisotopic (exact) mass is 244 g/mol. The molecule has 0 radical (unpaired) electrons. The van der Waals surface area contributed by atoms with E-state index in [1.54, 1.807) is 0 Å². The molecule has 1 aromatic rings. The van der Waals surface area contributed by atoms with E-state index < -0.39 is 0 Å². The molecular weight excluding hydrogens is 220 g/mol. The zero-order valence-corrected chi connectivity index (χ0v) is 11.5. The van der Waals surface area contributed by atoms with E-state index >= 15 is 0 Å². The Labute approximate surface area is 110 Å². The highest BCUT2D eigenvalue weighted by Gasteiger charge is 2.39. The van der Waals surface area contributed by atoms with Crippen LogP contribution in [0.5, 0.6) is 0 Å².